The highest BCUT2D eigenvalue weighted by atomic mass is 16.7. The van der Waals surface area contributed by atoms with E-state index in [4.69, 9.17) is 14.2 Å². The number of hydrogen-bond donors (Lipinski definition) is 6. The van der Waals surface area contributed by atoms with E-state index in [9.17, 15) is 35.1 Å². The smallest absolute Gasteiger partial charge is 0.306 e. The number of rotatable bonds is 46. The predicted octanol–water partition coefficient (Wildman–Crippen LogP) is 12.6. The monoisotopic (exact) mass is 998 g/mol. The van der Waals surface area contributed by atoms with Gasteiger partial charge in [-0.25, -0.2) is 0 Å². The van der Waals surface area contributed by atoms with Crippen LogP contribution in [0.25, 0.3) is 0 Å². The lowest BCUT2D eigenvalue weighted by atomic mass is 9.99. The molecule has 0 aromatic carbocycles. The van der Waals surface area contributed by atoms with Gasteiger partial charge in [0, 0.05) is 6.42 Å². The van der Waals surface area contributed by atoms with Crippen molar-refractivity contribution in [3.05, 3.63) is 85.1 Å². The van der Waals surface area contributed by atoms with E-state index in [0.29, 0.717) is 12.8 Å². The molecule has 1 amide bonds. The number of aliphatic hydroxyl groups excluding tert-OH is 5. The van der Waals surface area contributed by atoms with Crippen molar-refractivity contribution in [1.29, 1.82) is 0 Å². The minimum atomic E-state index is -1.63. The first-order valence-electron chi connectivity index (χ1n) is 28.4. The lowest BCUT2D eigenvalue weighted by molar-refractivity contribution is -0.305. The van der Waals surface area contributed by atoms with Crippen LogP contribution in [0.15, 0.2) is 85.1 Å². The number of ether oxygens (including phenoxy) is 3. The van der Waals surface area contributed by atoms with Crippen LogP contribution < -0.4 is 5.32 Å². The molecule has 0 saturated carbocycles. The molecule has 0 aliphatic carbocycles. The average molecular weight is 998 g/mol. The Morgan fingerprint density at radius 1 is 0.563 bits per heavy atom. The Kier molecular flexibility index (Phi) is 44.4. The number of aliphatic hydroxyl groups is 5. The molecule has 1 aliphatic heterocycles. The zero-order chi connectivity index (χ0) is 51.8. The van der Waals surface area contributed by atoms with Gasteiger partial charge in [0.25, 0.3) is 0 Å². The number of unbranched alkanes of at least 4 members (excludes halogenated alkanes) is 20. The normalized spacial score (nSPS) is 20.3. The van der Waals surface area contributed by atoms with Gasteiger partial charge in [-0.15, -0.1) is 0 Å². The van der Waals surface area contributed by atoms with Crippen LogP contribution in [0.1, 0.15) is 220 Å². The lowest BCUT2D eigenvalue weighted by Gasteiger charge is -2.41. The van der Waals surface area contributed by atoms with Crippen LogP contribution in [0.4, 0.5) is 0 Å². The summed E-state index contributed by atoms with van der Waals surface area (Å²) < 4.78 is 17.5. The summed E-state index contributed by atoms with van der Waals surface area (Å²) in [6, 6.07) is -1.06. The van der Waals surface area contributed by atoms with Crippen LogP contribution >= 0.6 is 0 Å². The summed E-state index contributed by atoms with van der Waals surface area (Å²) in [6.45, 7) is 5.60. The topological polar surface area (TPSA) is 175 Å². The van der Waals surface area contributed by atoms with E-state index in [2.05, 4.69) is 86.8 Å². The van der Waals surface area contributed by atoms with E-state index in [-0.39, 0.29) is 19.4 Å². The summed E-state index contributed by atoms with van der Waals surface area (Å²) >= 11 is 0. The van der Waals surface area contributed by atoms with Gasteiger partial charge in [0.2, 0.25) is 5.91 Å². The van der Waals surface area contributed by atoms with Gasteiger partial charge >= 0.3 is 5.97 Å². The van der Waals surface area contributed by atoms with Crippen molar-refractivity contribution in [2.75, 3.05) is 13.2 Å². The molecule has 8 atom stereocenters. The fourth-order valence-corrected chi connectivity index (χ4v) is 8.27. The average Bonchev–Trinajstić information content (AvgIpc) is 3.37. The number of carbonyl (C=O) groups excluding carboxylic acids is 2. The van der Waals surface area contributed by atoms with Gasteiger partial charge in [-0.05, 0) is 89.9 Å². The van der Waals surface area contributed by atoms with Crippen molar-refractivity contribution in [3.63, 3.8) is 0 Å². The van der Waals surface area contributed by atoms with Crippen molar-refractivity contribution in [2.45, 2.75) is 269 Å². The molecule has 0 aromatic rings. The van der Waals surface area contributed by atoms with E-state index >= 15 is 0 Å². The highest BCUT2D eigenvalue weighted by Gasteiger charge is 2.47. The van der Waals surface area contributed by atoms with Gasteiger partial charge in [0.05, 0.1) is 25.4 Å². The number of carbonyl (C=O) groups is 2. The molecular formula is C60H103NO10. The fourth-order valence-electron chi connectivity index (χ4n) is 8.27. The van der Waals surface area contributed by atoms with Crippen molar-refractivity contribution >= 4 is 11.9 Å². The molecule has 8 unspecified atom stereocenters. The molecule has 0 spiro atoms. The summed E-state index contributed by atoms with van der Waals surface area (Å²) in [5.74, 6) is -1.28. The Morgan fingerprint density at radius 3 is 1.52 bits per heavy atom. The summed E-state index contributed by atoms with van der Waals surface area (Å²) in [5.41, 5.74) is 0. The van der Waals surface area contributed by atoms with Crippen LogP contribution in [-0.4, -0.2) is 99.6 Å². The van der Waals surface area contributed by atoms with Gasteiger partial charge in [-0.1, -0.05) is 209 Å². The molecule has 11 nitrogen and oxygen atoms in total. The third kappa shape index (κ3) is 36.4. The van der Waals surface area contributed by atoms with Crippen LogP contribution in [0, 0.1) is 0 Å². The largest absolute Gasteiger partial charge is 0.454 e. The van der Waals surface area contributed by atoms with Crippen molar-refractivity contribution < 1.29 is 49.3 Å². The van der Waals surface area contributed by atoms with Crippen molar-refractivity contribution in [2.24, 2.45) is 0 Å². The summed E-state index contributed by atoms with van der Waals surface area (Å²) in [5, 5.41) is 56.7. The quantitative estimate of drug-likeness (QED) is 0.0196. The second-order valence-corrected chi connectivity index (χ2v) is 19.3. The molecule has 11 heteroatoms. The molecular weight excluding hydrogens is 895 g/mol. The lowest BCUT2D eigenvalue weighted by Crippen LogP contribution is -2.61. The van der Waals surface area contributed by atoms with Gasteiger partial charge in [-0.3, -0.25) is 9.59 Å². The number of allylic oxidation sites excluding steroid dienone is 13. The molecule has 1 aliphatic rings. The van der Waals surface area contributed by atoms with Crippen LogP contribution in [0.2, 0.25) is 0 Å². The van der Waals surface area contributed by atoms with Crippen molar-refractivity contribution in [1.82, 2.24) is 5.32 Å². The highest BCUT2D eigenvalue weighted by molar-refractivity contribution is 5.80. The zero-order valence-corrected chi connectivity index (χ0v) is 44.8. The highest BCUT2D eigenvalue weighted by Crippen LogP contribution is 2.26. The Hall–Kier alpha value is -3.16. The standard InChI is InChI=1S/C60H103NO10/c1-4-7-10-13-16-19-22-25-26-27-30-32-35-38-41-44-47-53(64)59(68)61-51(52(63)46-43-40-37-34-31-28-23-20-17-14-11-8-5-2)50-69-60-58(57(67)56(66)54(49-62)70-60)71-55(65)48-45-42-39-36-33-29-24-21-18-15-12-9-6-3/h7,10,16,19,25-26,29-30,32-33,38,41,43,46,51-54,56-58,60,62-64,66-67H,4-6,8-9,11-15,17-18,20-24,27-28,31,34-37,39-40,42,44-45,47-50H2,1-3H3,(H,61,68)/b10-7-,19-16-,26-25-,32-30-,33-29-,41-38-,46-43+. The molecule has 1 saturated heterocycles. The first-order chi connectivity index (χ1) is 34.7. The maximum Gasteiger partial charge on any atom is 0.306 e. The van der Waals surface area contributed by atoms with Crippen LogP contribution in [0.5, 0.6) is 0 Å². The molecule has 71 heavy (non-hydrogen) atoms. The Balaban J connectivity index is 2.81. The van der Waals surface area contributed by atoms with E-state index in [0.717, 1.165) is 83.5 Å². The predicted molar refractivity (Wildman–Crippen MR) is 292 cm³/mol. The number of hydrogen-bond acceptors (Lipinski definition) is 10. The first kappa shape index (κ1) is 65.9. The SMILES string of the molecule is CC/C=C\C/C=C\C/C=C\C/C=C\C/C=C\CCC(O)C(=O)NC(COC1OC(CO)C(O)C(O)C1OC(=O)CCCCC/C=C\CCCCCCCC)C(O)/C=C/CCCCCCCCCCCCC. The number of nitrogens with one attached hydrogen (secondary N) is 1. The summed E-state index contributed by atoms with van der Waals surface area (Å²) in [4.78, 5) is 26.4. The Morgan fingerprint density at radius 2 is 1.01 bits per heavy atom. The number of esters is 1. The second-order valence-electron chi connectivity index (χ2n) is 19.3. The maximum absolute atomic E-state index is 13.3. The molecule has 0 bridgehead atoms. The molecule has 408 valence electrons. The van der Waals surface area contributed by atoms with Gasteiger partial charge in [-0.2, -0.15) is 0 Å². The molecule has 1 heterocycles. The summed E-state index contributed by atoms with van der Waals surface area (Å²) in [6.07, 6.45) is 50.6. The first-order valence-corrected chi connectivity index (χ1v) is 28.4. The van der Waals surface area contributed by atoms with E-state index < -0.39 is 67.4 Å². The van der Waals surface area contributed by atoms with E-state index in [1.807, 2.05) is 18.2 Å². The Bertz CT molecular complexity index is 1470. The minimum absolute atomic E-state index is 0.0930. The van der Waals surface area contributed by atoms with Gasteiger partial charge < -0.3 is 45.1 Å². The molecule has 6 N–H and O–H groups in total. The van der Waals surface area contributed by atoms with Gasteiger partial charge in [0.15, 0.2) is 12.4 Å². The molecule has 1 rings (SSSR count). The van der Waals surface area contributed by atoms with Crippen LogP contribution in [0.3, 0.4) is 0 Å². The van der Waals surface area contributed by atoms with Crippen molar-refractivity contribution in [3.8, 4) is 0 Å². The molecule has 0 aromatic heterocycles. The third-order valence-corrected chi connectivity index (χ3v) is 12.8. The van der Waals surface area contributed by atoms with E-state index in [1.165, 1.54) is 89.9 Å². The van der Waals surface area contributed by atoms with E-state index in [1.54, 1.807) is 6.08 Å². The van der Waals surface area contributed by atoms with Gasteiger partial charge in [0.1, 0.15) is 24.4 Å². The third-order valence-electron chi connectivity index (χ3n) is 12.8. The zero-order valence-electron chi connectivity index (χ0n) is 44.8. The molecule has 1 fully saturated rings. The number of amides is 1. The second kappa shape index (κ2) is 47.8. The molecule has 0 radical (unpaired) electrons. The minimum Gasteiger partial charge on any atom is -0.454 e. The van der Waals surface area contributed by atoms with Crippen LogP contribution in [-0.2, 0) is 23.8 Å². The maximum atomic E-state index is 13.3. The fraction of sp³-hybridized carbons (Fsp3) is 0.733. The summed E-state index contributed by atoms with van der Waals surface area (Å²) in [7, 11) is 0. The Labute approximate surface area is 432 Å².